The van der Waals surface area contributed by atoms with Crippen molar-refractivity contribution in [3.8, 4) is 11.5 Å². The van der Waals surface area contributed by atoms with E-state index in [2.05, 4.69) is 10.3 Å². The zero-order valence-corrected chi connectivity index (χ0v) is 14.2. The van der Waals surface area contributed by atoms with Crippen LogP contribution in [0.4, 0.5) is 0 Å². The SMILES string of the molecule is COc1ccc(CN=C(N)NCC2CCCS2(=O)=O)cc1OC. The van der Waals surface area contributed by atoms with Gasteiger partial charge in [-0.15, -0.1) is 0 Å². The highest BCUT2D eigenvalue weighted by molar-refractivity contribution is 7.92. The minimum atomic E-state index is -2.97. The molecule has 0 aromatic heterocycles. The quantitative estimate of drug-likeness (QED) is 0.583. The van der Waals surface area contributed by atoms with Gasteiger partial charge < -0.3 is 20.5 Å². The second-order valence-corrected chi connectivity index (χ2v) is 7.80. The van der Waals surface area contributed by atoms with Gasteiger partial charge in [-0.3, -0.25) is 0 Å². The number of hydrogen-bond donors (Lipinski definition) is 2. The molecule has 0 spiro atoms. The molecule has 0 amide bonds. The minimum Gasteiger partial charge on any atom is -0.493 e. The third kappa shape index (κ3) is 4.51. The number of sulfone groups is 1. The van der Waals surface area contributed by atoms with E-state index in [1.165, 1.54) is 0 Å². The fraction of sp³-hybridized carbons (Fsp3) is 0.533. The predicted molar refractivity (Wildman–Crippen MR) is 89.7 cm³/mol. The van der Waals surface area contributed by atoms with Gasteiger partial charge in [0, 0.05) is 6.54 Å². The van der Waals surface area contributed by atoms with Crippen molar-refractivity contribution in [2.75, 3.05) is 26.5 Å². The molecule has 1 aromatic rings. The molecule has 1 heterocycles. The van der Waals surface area contributed by atoms with Crippen molar-refractivity contribution < 1.29 is 17.9 Å². The third-order valence-corrected chi connectivity index (χ3v) is 6.13. The van der Waals surface area contributed by atoms with Crippen LogP contribution in [-0.4, -0.2) is 46.1 Å². The number of guanidine groups is 1. The Morgan fingerprint density at radius 2 is 2.09 bits per heavy atom. The van der Waals surface area contributed by atoms with Crippen LogP contribution in [0.1, 0.15) is 18.4 Å². The van der Waals surface area contributed by atoms with Crippen molar-refractivity contribution in [2.24, 2.45) is 10.7 Å². The first-order valence-electron chi connectivity index (χ1n) is 7.42. The van der Waals surface area contributed by atoms with Crippen molar-refractivity contribution in [3.63, 3.8) is 0 Å². The summed E-state index contributed by atoms with van der Waals surface area (Å²) in [5.74, 6) is 1.78. The lowest BCUT2D eigenvalue weighted by Crippen LogP contribution is -2.39. The highest BCUT2D eigenvalue weighted by Crippen LogP contribution is 2.27. The molecule has 0 bridgehead atoms. The lowest BCUT2D eigenvalue weighted by atomic mass is 10.2. The number of rotatable bonds is 6. The molecule has 128 valence electrons. The number of ether oxygens (including phenoxy) is 2. The molecule has 0 saturated carbocycles. The number of aliphatic imine (C=N–C) groups is 1. The van der Waals surface area contributed by atoms with Crippen LogP contribution in [-0.2, 0) is 16.4 Å². The van der Waals surface area contributed by atoms with E-state index in [1.807, 2.05) is 12.1 Å². The zero-order chi connectivity index (χ0) is 16.9. The Kier molecular flexibility index (Phi) is 5.70. The number of nitrogens with zero attached hydrogens (tertiary/aromatic N) is 1. The van der Waals surface area contributed by atoms with Crippen LogP contribution in [0.25, 0.3) is 0 Å². The fourth-order valence-corrected chi connectivity index (χ4v) is 4.28. The van der Waals surface area contributed by atoms with Gasteiger partial charge in [0.05, 0.1) is 31.8 Å². The average Bonchev–Trinajstić information content (AvgIpc) is 2.89. The molecule has 1 fully saturated rings. The van der Waals surface area contributed by atoms with E-state index in [0.29, 0.717) is 31.0 Å². The molecule has 1 saturated heterocycles. The van der Waals surface area contributed by atoms with Crippen LogP contribution in [0, 0.1) is 0 Å². The number of benzene rings is 1. The van der Waals surface area contributed by atoms with E-state index in [4.69, 9.17) is 15.2 Å². The van der Waals surface area contributed by atoms with Gasteiger partial charge in [0.2, 0.25) is 0 Å². The van der Waals surface area contributed by atoms with Crippen molar-refractivity contribution >= 4 is 15.8 Å². The Balaban J connectivity index is 1.92. The van der Waals surface area contributed by atoms with Crippen LogP contribution in [0.2, 0.25) is 0 Å². The number of methoxy groups -OCH3 is 2. The highest BCUT2D eigenvalue weighted by Gasteiger charge is 2.30. The Bertz CT molecular complexity index is 673. The predicted octanol–water partition coefficient (Wildman–Crippen LogP) is 0.685. The summed E-state index contributed by atoms with van der Waals surface area (Å²) in [6.45, 7) is 0.681. The normalized spacial score (nSPS) is 20.3. The molecule has 2 rings (SSSR count). The Morgan fingerprint density at radius 3 is 2.70 bits per heavy atom. The summed E-state index contributed by atoms with van der Waals surface area (Å²) in [5.41, 5.74) is 6.72. The van der Waals surface area contributed by atoms with E-state index in [9.17, 15) is 8.42 Å². The molecule has 3 N–H and O–H groups in total. The second kappa shape index (κ2) is 7.54. The monoisotopic (exact) mass is 341 g/mol. The topological polar surface area (TPSA) is 103 Å². The minimum absolute atomic E-state index is 0.238. The van der Waals surface area contributed by atoms with Gasteiger partial charge in [-0.1, -0.05) is 6.07 Å². The molecule has 23 heavy (non-hydrogen) atoms. The molecule has 0 radical (unpaired) electrons. The largest absolute Gasteiger partial charge is 0.493 e. The van der Waals surface area contributed by atoms with Gasteiger partial charge in [0.15, 0.2) is 27.3 Å². The van der Waals surface area contributed by atoms with Crippen LogP contribution in [0.5, 0.6) is 11.5 Å². The Labute approximate surface area is 136 Å². The van der Waals surface area contributed by atoms with Gasteiger partial charge in [0.25, 0.3) is 0 Å². The molecule has 0 aliphatic carbocycles. The number of nitrogens with one attached hydrogen (secondary N) is 1. The fourth-order valence-electron chi connectivity index (χ4n) is 2.52. The van der Waals surface area contributed by atoms with E-state index in [1.54, 1.807) is 20.3 Å². The molecule has 8 heteroatoms. The maximum Gasteiger partial charge on any atom is 0.188 e. The van der Waals surface area contributed by atoms with Crippen LogP contribution in [0.3, 0.4) is 0 Å². The summed E-state index contributed by atoms with van der Waals surface area (Å²) in [4.78, 5) is 4.23. The van der Waals surface area contributed by atoms with E-state index in [-0.39, 0.29) is 17.0 Å². The van der Waals surface area contributed by atoms with Gasteiger partial charge in [0.1, 0.15) is 0 Å². The smallest absolute Gasteiger partial charge is 0.188 e. The number of hydrogen-bond acceptors (Lipinski definition) is 5. The average molecular weight is 341 g/mol. The molecule has 1 aromatic carbocycles. The summed E-state index contributed by atoms with van der Waals surface area (Å²) in [6, 6.07) is 5.51. The van der Waals surface area contributed by atoms with E-state index in [0.717, 1.165) is 12.0 Å². The summed E-state index contributed by atoms with van der Waals surface area (Å²) in [5, 5.41) is 2.53. The van der Waals surface area contributed by atoms with Crippen molar-refractivity contribution in [2.45, 2.75) is 24.6 Å². The summed E-state index contributed by atoms with van der Waals surface area (Å²) < 4.78 is 33.9. The van der Waals surface area contributed by atoms with E-state index < -0.39 is 9.84 Å². The maximum atomic E-state index is 11.7. The Hall–Kier alpha value is -1.96. The van der Waals surface area contributed by atoms with Gasteiger partial charge >= 0.3 is 0 Å². The third-order valence-electron chi connectivity index (χ3n) is 3.85. The first-order chi connectivity index (χ1) is 11.0. The standard InChI is InChI=1S/C15H23N3O4S/c1-21-13-6-5-11(8-14(13)22-2)9-17-15(16)18-10-12-4-3-7-23(12,19)20/h5-6,8,12H,3-4,7,9-10H2,1-2H3,(H3,16,17,18). The van der Waals surface area contributed by atoms with Gasteiger partial charge in [-0.2, -0.15) is 0 Å². The molecular weight excluding hydrogens is 318 g/mol. The molecule has 1 aliphatic rings. The van der Waals surface area contributed by atoms with Crippen LogP contribution in [0.15, 0.2) is 23.2 Å². The van der Waals surface area contributed by atoms with Crippen LogP contribution >= 0.6 is 0 Å². The number of nitrogens with two attached hydrogens (primary N) is 1. The van der Waals surface area contributed by atoms with E-state index >= 15 is 0 Å². The summed E-state index contributed by atoms with van der Waals surface area (Å²) >= 11 is 0. The lowest BCUT2D eigenvalue weighted by molar-refractivity contribution is 0.354. The van der Waals surface area contributed by atoms with Gasteiger partial charge in [-0.25, -0.2) is 13.4 Å². The van der Waals surface area contributed by atoms with Crippen LogP contribution < -0.4 is 20.5 Å². The van der Waals surface area contributed by atoms with Gasteiger partial charge in [-0.05, 0) is 30.5 Å². The Morgan fingerprint density at radius 1 is 1.35 bits per heavy atom. The molecule has 1 atom stereocenters. The maximum absolute atomic E-state index is 11.7. The molecule has 1 aliphatic heterocycles. The highest BCUT2D eigenvalue weighted by atomic mass is 32.2. The van der Waals surface area contributed by atoms with Crippen molar-refractivity contribution in [1.82, 2.24) is 5.32 Å². The first kappa shape index (κ1) is 17.4. The lowest BCUT2D eigenvalue weighted by Gasteiger charge is -2.11. The van der Waals surface area contributed by atoms with Crippen molar-refractivity contribution in [1.29, 1.82) is 0 Å². The molecular formula is C15H23N3O4S. The zero-order valence-electron chi connectivity index (χ0n) is 13.4. The second-order valence-electron chi connectivity index (χ2n) is 5.40. The molecule has 1 unspecified atom stereocenters. The van der Waals surface area contributed by atoms with Crippen molar-refractivity contribution in [3.05, 3.63) is 23.8 Å². The summed E-state index contributed by atoms with van der Waals surface area (Å²) in [7, 11) is 0.180. The summed E-state index contributed by atoms with van der Waals surface area (Å²) in [6.07, 6.45) is 1.40. The first-order valence-corrected chi connectivity index (χ1v) is 9.14. The molecule has 7 nitrogen and oxygen atoms in total.